The van der Waals surface area contributed by atoms with Gasteiger partial charge in [0.15, 0.2) is 5.78 Å². The maximum Gasteiger partial charge on any atom is 0.316 e. The first-order valence-electron chi connectivity index (χ1n) is 7.12. The Morgan fingerprint density at radius 2 is 1.61 bits per heavy atom. The average molecular weight is 309 g/mol. The van der Waals surface area contributed by atoms with Gasteiger partial charge in [-0.3, -0.25) is 4.79 Å². The molecule has 0 radical (unpaired) electrons. The summed E-state index contributed by atoms with van der Waals surface area (Å²) < 4.78 is 0. The van der Waals surface area contributed by atoms with E-state index in [4.69, 9.17) is 5.73 Å². The standard InChI is InChI=1S/C18H19N3O2/c1-21(2)16-10-3-13(4-11-16)5-12-17(22)14-6-8-15(9-7-14)20-18(19)23/h3-12H,1-2H3,(H3,19,20,23). The largest absolute Gasteiger partial charge is 0.378 e. The van der Waals surface area contributed by atoms with E-state index >= 15 is 0 Å². The van der Waals surface area contributed by atoms with Crippen LogP contribution in [-0.4, -0.2) is 25.9 Å². The molecular formula is C18H19N3O2. The summed E-state index contributed by atoms with van der Waals surface area (Å²) in [5.74, 6) is -0.104. The lowest BCUT2D eigenvalue weighted by Crippen LogP contribution is -2.19. The molecule has 23 heavy (non-hydrogen) atoms. The Balaban J connectivity index is 2.04. The molecule has 0 spiro atoms. The van der Waals surface area contributed by atoms with Crippen molar-refractivity contribution in [1.82, 2.24) is 0 Å². The number of nitrogens with zero attached hydrogens (tertiary/aromatic N) is 1. The van der Waals surface area contributed by atoms with E-state index in [1.54, 1.807) is 30.3 Å². The number of primary amides is 1. The third-order valence-electron chi connectivity index (χ3n) is 3.27. The second-order valence-electron chi connectivity index (χ2n) is 5.25. The summed E-state index contributed by atoms with van der Waals surface area (Å²) in [6.45, 7) is 0. The van der Waals surface area contributed by atoms with E-state index in [1.807, 2.05) is 43.3 Å². The van der Waals surface area contributed by atoms with Gasteiger partial charge in [-0.2, -0.15) is 0 Å². The summed E-state index contributed by atoms with van der Waals surface area (Å²) >= 11 is 0. The van der Waals surface area contributed by atoms with E-state index in [0.717, 1.165) is 11.3 Å². The SMILES string of the molecule is CN(C)c1ccc(C=CC(=O)c2ccc(NC(N)=O)cc2)cc1. The molecule has 3 N–H and O–H groups in total. The van der Waals surface area contributed by atoms with Crippen molar-refractivity contribution >= 4 is 29.3 Å². The number of carbonyl (C=O) groups excluding carboxylic acids is 2. The summed E-state index contributed by atoms with van der Waals surface area (Å²) in [6, 6.07) is 13.8. The minimum absolute atomic E-state index is 0.104. The number of allylic oxidation sites excluding steroid dienone is 1. The van der Waals surface area contributed by atoms with E-state index in [1.165, 1.54) is 6.08 Å². The van der Waals surface area contributed by atoms with E-state index in [9.17, 15) is 9.59 Å². The van der Waals surface area contributed by atoms with Crippen molar-refractivity contribution in [2.24, 2.45) is 5.73 Å². The van der Waals surface area contributed by atoms with E-state index in [0.29, 0.717) is 11.3 Å². The Morgan fingerprint density at radius 1 is 1.00 bits per heavy atom. The predicted molar refractivity (Wildman–Crippen MR) is 93.8 cm³/mol. The summed E-state index contributed by atoms with van der Waals surface area (Å²) in [7, 11) is 3.95. The number of nitrogens with two attached hydrogens (primary N) is 1. The second-order valence-corrected chi connectivity index (χ2v) is 5.25. The molecule has 0 bridgehead atoms. The molecular weight excluding hydrogens is 290 g/mol. The van der Waals surface area contributed by atoms with Crippen molar-refractivity contribution in [2.45, 2.75) is 0 Å². The number of anilines is 2. The smallest absolute Gasteiger partial charge is 0.316 e. The normalized spacial score (nSPS) is 10.5. The Labute approximate surface area is 135 Å². The fourth-order valence-corrected chi connectivity index (χ4v) is 2.01. The van der Waals surface area contributed by atoms with Crippen LogP contribution in [0.2, 0.25) is 0 Å². The molecule has 2 aromatic rings. The maximum absolute atomic E-state index is 12.1. The lowest BCUT2D eigenvalue weighted by Gasteiger charge is -2.11. The molecule has 2 amide bonds. The van der Waals surface area contributed by atoms with Gasteiger partial charge in [0.05, 0.1) is 0 Å². The van der Waals surface area contributed by atoms with Gasteiger partial charge < -0.3 is 16.0 Å². The molecule has 5 nitrogen and oxygen atoms in total. The van der Waals surface area contributed by atoms with Gasteiger partial charge in [-0.1, -0.05) is 18.2 Å². The Morgan fingerprint density at radius 3 is 2.13 bits per heavy atom. The summed E-state index contributed by atoms with van der Waals surface area (Å²) in [5.41, 5.74) is 8.19. The van der Waals surface area contributed by atoms with E-state index in [-0.39, 0.29) is 5.78 Å². The number of hydrogen-bond donors (Lipinski definition) is 2. The van der Waals surface area contributed by atoms with Crippen LogP contribution >= 0.6 is 0 Å². The molecule has 2 aromatic carbocycles. The lowest BCUT2D eigenvalue weighted by molar-refractivity contribution is 0.104. The first-order valence-corrected chi connectivity index (χ1v) is 7.12. The average Bonchev–Trinajstić information content (AvgIpc) is 2.53. The third-order valence-corrected chi connectivity index (χ3v) is 3.27. The van der Waals surface area contributed by atoms with Crippen molar-refractivity contribution in [1.29, 1.82) is 0 Å². The van der Waals surface area contributed by atoms with Gasteiger partial charge >= 0.3 is 6.03 Å². The van der Waals surface area contributed by atoms with Crippen molar-refractivity contribution in [3.63, 3.8) is 0 Å². The van der Waals surface area contributed by atoms with Crippen LogP contribution in [0.1, 0.15) is 15.9 Å². The quantitative estimate of drug-likeness (QED) is 0.658. The number of nitrogens with one attached hydrogen (secondary N) is 1. The highest BCUT2D eigenvalue weighted by molar-refractivity contribution is 6.07. The monoisotopic (exact) mass is 309 g/mol. The molecule has 2 rings (SSSR count). The highest BCUT2D eigenvalue weighted by Gasteiger charge is 2.03. The third kappa shape index (κ3) is 4.71. The van der Waals surface area contributed by atoms with Crippen LogP contribution in [0.3, 0.4) is 0 Å². The van der Waals surface area contributed by atoms with Crippen LogP contribution in [0.15, 0.2) is 54.6 Å². The highest BCUT2D eigenvalue weighted by Crippen LogP contribution is 2.14. The molecule has 5 heteroatoms. The van der Waals surface area contributed by atoms with Gasteiger partial charge in [0.1, 0.15) is 0 Å². The minimum atomic E-state index is -0.634. The van der Waals surface area contributed by atoms with Gasteiger partial charge in [-0.05, 0) is 48.0 Å². The van der Waals surface area contributed by atoms with Gasteiger partial charge in [-0.15, -0.1) is 0 Å². The molecule has 0 fully saturated rings. The number of urea groups is 1. The van der Waals surface area contributed by atoms with Gasteiger partial charge in [-0.25, -0.2) is 4.79 Å². The molecule has 0 aliphatic heterocycles. The van der Waals surface area contributed by atoms with Gasteiger partial charge in [0, 0.05) is 31.0 Å². The topological polar surface area (TPSA) is 75.4 Å². The molecule has 0 aromatic heterocycles. The van der Waals surface area contributed by atoms with Crippen LogP contribution in [-0.2, 0) is 0 Å². The first-order chi connectivity index (χ1) is 11.0. The van der Waals surface area contributed by atoms with Crippen LogP contribution in [0, 0.1) is 0 Å². The minimum Gasteiger partial charge on any atom is -0.378 e. The molecule has 0 aliphatic carbocycles. The molecule has 0 atom stereocenters. The van der Waals surface area contributed by atoms with Crippen LogP contribution < -0.4 is 16.0 Å². The Bertz CT molecular complexity index is 717. The van der Waals surface area contributed by atoms with Crippen molar-refractivity contribution in [2.75, 3.05) is 24.3 Å². The number of hydrogen-bond acceptors (Lipinski definition) is 3. The number of carbonyl (C=O) groups is 2. The van der Waals surface area contributed by atoms with Crippen LogP contribution in [0.4, 0.5) is 16.2 Å². The molecule has 0 saturated carbocycles. The van der Waals surface area contributed by atoms with Crippen molar-refractivity contribution < 1.29 is 9.59 Å². The van der Waals surface area contributed by atoms with Crippen molar-refractivity contribution in [3.8, 4) is 0 Å². The number of benzene rings is 2. The Kier molecular flexibility index (Phi) is 5.15. The van der Waals surface area contributed by atoms with Crippen LogP contribution in [0.5, 0.6) is 0 Å². The number of ketones is 1. The first kappa shape index (κ1) is 16.3. The lowest BCUT2D eigenvalue weighted by atomic mass is 10.1. The summed E-state index contributed by atoms with van der Waals surface area (Å²) in [6.07, 6.45) is 3.30. The summed E-state index contributed by atoms with van der Waals surface area (Å²) in [5, 5.41) is 2.45. The Hall–Kier alpha value is -3.08. The zero-order chi connectivity index (χ0) is 16.8. The molecule has 0 saturated heterocycles. The van der Waals surface area contributed by atoms with Gasteiger partial charge in [0.25, 0.3) is 0 Å². The number of amides is 2. The molecule has 118 valence electrons. The van der Waals surface area contributed by atoms with Crippen molar-refractivity contribution in [3.05, 3.63) is 65.7 Å². The molecule has 0 unspecified atom stereocenters. The zero-order valence-electron chi connectivity index (χ0n) is 13.1. The fraction of sp³-hybridized carbons (Fsp3) is 0.111. The van der Waals surface area contributed by atoms with E-state index < -0.39 is 6.03 Å². The summed E-state index contributed by atoms with van der Waals surface area (Å²) in [4.78, 5) is 24.9. The molecule has 0 aliphatic rings. The maximum atomic E-state index is 12.1. The fourth-order valence-electron chi connectivity index (χ4n) is 2.01. The van der Waals surface area contributed by atoms with Crippen LogP contribution in [0.25, 0.3) is 6.08 Å². The van der Waals surface area contributed by atoms with Gasteiger partial charge in [0.2, 0.25) is 0 Å². The predicted octanol–water partition coefficient (Wildman–Crippen LogP) is 3.14. The molecule has 0 heterocycles. The number of rotatable bonds is 5. The zero-order valence-corrected chi connectivity index (χ0v) is 13.1. The van der Waals surface area contributed by atoms with E-state index in [2.05, 4.69) is 5.32 Å². The highest BCUT2D eigenvalue weighted by atomic mass is 16.2. The second kappa shape index (κ2) is 7.26.